The van der Waals surface area contributed by atoms with Crippen LogP contribution in [0.1, 0.15) is 5.56 Å². The summed E-state index contributed by atoms with van der Waals surface area (Å²) >= 11 is 1.32. The fraction of sp³-hybridized carbons (Fsp3) is 0.250. The Morgan fingerprint density at radius 1 is 1.34 bits per heavy atom. The minimum atomic E-state index is -0.395. The number of phenolic OH excluding ortho intramolecular Hbond substituents is 1. The Morgan fingerprint density at radius 2 is 2.21 bits per heavy atom. The molecule has 4 N–H and O–H groups in total. The lowest BCUT2D eigenvalue weighted by Crippen LogP contribution is -2.34. The van der Waals surface area contributed by atoms with Crippen LogP contribution in [0.3, 0.4) is 0 Å². The molecule has 0 aliphatic rings. The number of methoxy groups -OCH3 is 1. The Labute approximate surface area is 172 Å². The molecule has 152 valence electrons. The maximum absolute atomic E-state index is 12.2. The number of benzene rings is 1. The number of thiazole rings is 1. The highest BCUT2D eigenvalue weighted by molar-refractivity contribution is 7.14. The van der Waals surface area contributed by atoms with Crippen molar-refractivity contribution in [3.05, 3.63) is 53.7 Å². The van der Waals surface area contributed by atoms with Crippen LogP contribution in [-0.2, 0) is 6.42 Å². The number of anilines is 1. The molecule has 0 saturated heterocycles. The molecule has 3 rings (SSSR count). The first-order valence-electron chi connectivity index (χ1n) is 8.96. The van der Waals surface area contributed by atoms with Crippen LogP contribution in [0.5, 0.6) is 11.5 Å². The number of pyridine rings is 1. The largest absolute Gasteiger partial charge is 0.504 e. The highest BCUT2D eigenvalue weighted by Crippen LogP contribution is 2.27. The SMILES string of the molecule is COc1ccc(C[C@@H](CO)CNC(=O)Nc2nc(-c3cccnc3)cs2)cc1O. The average Bonchev–Trinajstić information content (AvgIpc) is 3.20. The van der Waals surface area contributed by atoms with E-state index in [9.17, 15) is 15.0 Å². The molecule has 0 aliphatic carbocycles. The van der Waals surface area contributed by atoms with E-state index in [4.69, 9.17) is 4.74 Å². The van der Waals surface area contributed by atoms with Crippen molar-refractivity contribution in [2.75, 3.05) is 25.6 Å². The van der Waals surface area contributed by atoms with Gasteiger partial charge in [-0.2, -0.15) is 0 Å². The van der Waals surface area contributed by atoms with Crippen LogP contribution in [0, 0.1) is 5.92 Å². The zero-order valence-corrected chi connectivity index (χ0v) is 16.6. The van der Waals surface area contributed by atoms with Gasteiger partial charge in [0.2, 0.25) is 0 Å². The van der Waals surface area contributed by atoms with Crippen molar-refractivity contribution >= 4 is 22.5 Å². The molecule has 0 saturated carbocycles. The van der Waals surface area contributed by atoms with Crippen LogP contribution in [0.4, 0.5) is 9.93 Å². The van der Waals surface area contributed by atoms with E-state index in [2.05, 4.69) is 20.6 Å². The number of aromatic nitrogens is 2. The molecule has 9 heteroatoms. The number of hydrogen-bond acceptors (Lipinski definition) is 7. The number of amides is 2. The Morgan fingerprint density at radius 3 is 2.90 bits per heavy atom. The number of nitrogens with one attached hydrogen (secondary N) is 2. The van der Waals surface area contributed by atoms with Gasteiger partial charge in [-0.15, -0.1) is 11.3 Å². The second-order valence-electron chi connectivity index (χ2n) is 6.37. The summed E-state index contributed by atoms with van der Waals surface area (Å²) < 4.78 is 5.02. The average molecular weight is 414 g/mol. The van der Waals surface area contributed by atoms with Crippen molar-refractivity contribution in [2.45, 2.75) is 6.42 Å². The summed E-state index contributed by atoms with van der Waals surface area (Å²) in [5.41, 5.74) is 2.46. The minimum Gasteiger partial charge on any atom is -0.504 e. The van der Waals surface area contributed by atoms with Gasteiger partial charge in [-0.3, -0.25) is 10.3 Å². The van der Waals surface area contributed by atoms with Gasteiger partial charge >= 0.3 is 6.03 Å². The van der Waals surface area contributed by atoms with Crippen LogP contribution in [0.15, 0.2) is 48.1 Å². The summed E-state index contributed by atoms with van der Waals surface area (Å²) in [7, 11) is 1.48. The van der Waals surface area contributed by atoms with Crippen LogP contribution in [-0.4, -0.2) is 46.5 Å². The van der Waals surface area contributed by atoms with E-state index in [0.29, 0.717) is 17.3 Å². The Balaban J connectivity index is 1.51. The number of aromatic hydroxyl groups is 1. The minimum absolute atomic E-state index is 0.0422. The molecule has 2 aromatic heterocycles. The number of aliphatic hydroxyl groups excluding tert-OH is 1. The number of ether oxygens (including phenoxy) is 1. The molecule has 0 bridgehead atoms. The monoisotopic (exact) mass is 414 g/mol. The lowest BCUT2D eigenvalue weighted by Gasteiger charge is -2.16. The van der Waals surface area contributed by atoms with Crippen molar-refractivity contribution in [2.24, 2.45) is 5.92 Å². The molecule has 0 spiro atoms. The van der Waals surface area contributed by atoms with Gasteiger partial charge in [-0.1, -0.05) is 6.07 Å². The molecule has 0 fully saturated rings. The summed E-state index contributed by atoms with van der Waals surface area (Å²) in [4.78, 5) is 20.6. The number of hydrogen-bond donors (Lipinski definition) is 4. The number of rotatable bonds is 8. The third-order valence-corrected chi connectivity index (χ3v) is 5.02. The normalized spacial score (nSPS) is 11.7. The third kappa shape index (κ3) is 5.66. The second-order valence-corrected chi connectivity index (χ2v) is 7.23. The van der Waals surface area contributed by atoms with Crippen molar-refractivity contribution < 1.29 is 19.7 Å². The number of nitrogens with zero attached hydrogens (tertiary/aromatic N) is 2. The molecule has 0 radical (unpaired) electrons. The van der Waals surface area contributed by atoms with E-state index in [0.717, 1.165) is 16.8 Å². The molecule has 0 unspecified atom stereocenters. The predicted molar refractivity (Wildman–Crippen MR) is 111 cm³/mol. The quantitative estimate of drug-likeness (QED) is 0.450. The van der Waals surface area contributed by atoms with E-state index in [1.54, 1.807) is 24.5 Å². The molecule has 3 aromatic rings. The Kier molecular flexibility index (Phi) is 6.99. The van der Waals surface area contributed by atoms with Crippen LogP contribution in [0.2, 0.25) is 0 Å². The summed E-state index contributed by atoms with van der Waals surface area (Å²) in [6.07, 6.45) is 3.89. The molecule has 2 heterocycles. The zero-order chi connectivity index (χ0) is 20.6. The smallest absolute Gasteiger partial charge is 0.321 e. The van der Waals surface area contributed by atoms with Crippen molar-refractivity contribution in [1.82, 2.24) is 15.3 Å². The highest BCUT2D eigenvalue weighted by Gasteiger charge is 2.13. The van der Waals surface area contributed by atoms with Gasteiger partial charge in [0, 0.05) is 42.4 Å². The van der Waals surface area contributed by atoms with Gasteiger partial charge in [0.1, 0.15) is 0 Å². The molecule has 1 atom stereocenters. The topological polar surface area (TPSA) is 117 Å². The molecule has 1 aromatic carbocycles. The van der Waals surface area contributed by atoms with E-state index in [-0.39, 0.29) is 24.8 Å². The molecule has 2 amide bonds. The number of carbonyl (C=O) groups excluding carboxylic acids is 1. The van der Waals surface area contributed by atoms with Gasteiger partial charge in [-0.25, -0.2) is 9.78 Å². The standard InChI is InChI=1S/C20H22N4O4S/c1-28-18-5-4-13(8-17(18)26)7-14(11-25)9-22-19(27)24-20-23-16(12-29-20)15-3-2-6-21-10-15/h2-6,8,10,12,14,25-26H,7,9,11H2,1H3,(H2,22,23,24,27)/t14-/m1/s1. The van der Waals surface area contributed by atoms with E-state index in [1.165, 1.54) is 18.4 Å². The number of urea groups is 1. The van der Waals surface area contributed by atoms with Gasteiger partial charge < -0.3 is 20.3 Å². The predicted octanol–water partition coefficient (Wildman–Crippen LogP) is 2.89. The summed E-state index contributed by atoms with van der Waals surface area (Å²) in [5, 5.41) is 27.2. The molecule has 8 nitrogen and oxygen atoms in total. The van der Waals surface area contributed by atoms with Crippen LogP contribution >= 0.6 is 11.3 Å². The maximum atomic E-state index is 12.2. The number of phenols is 1. The van der Waals surface area contributed by atoms with Crippen LogP contribution < -0.4 is 15.4 Å². The van der Waals surface area contributed by atoms with Crippen LogP contribution in [0.25, 0.3) is 11.3 Å². The summed E-state index contributed by atoms with van der Waals surface area (Å²) in [6, 6.07) is 8.41. The number of carbonyl (C=O) groups is 1. The fourth-order valence-corrected chi connectivity index (χ4v) is 3.47. The second kappa shape index (κ2) is 9.85. The lowest BCUT2D eigenvalue weighted by atomic mass is 9.99. The maximum Gasteiger partial charge on any atom is 0.321 e. The van der Waals surface area contributed by atoms with Crippen molar-refractivity contribution in [3.8, 4) is 22.8 Å². The molecular weight excluding hydrogens is 392 g/mol. The van der Waals surface area contributed by atoms with Gasteiger partial charge in [-0.05, 0) is 36.2 Å². The van der Waals surface area contributed by atoms with Gasteiger partial charge in [0.25, 0.3) is 0 Å². The molecule has 29 heavy (non-hydrogen) atoms. The first-order valence-corrected chi connectivity index (χ1v) is 9.84. The zero-order valence-electron chi connectivity index (χ0n) is 15.8. The Bertz CT molecular complexity index is 949. The molecule has 0 aliphatic heterocycles. The first kappa shape index (κ1) is 20.6. The van der Waals surface area contributed by atoms with E-state index in [1.807, 2.05) is 23.6 Å². The summed E-state index contributed by atoms with van der Waals surface area (Å²) in [6.45, 7) is 0.172. The van der Waals surface area contributed by atoms with E-state index >= 15 is 0 Å². The van der Waals surface area contributed by atoms with Gasteiger partial charge in [0.15, 0.2) is 16.6 Å². The molecular formula is C20H22N4O4S. The van der Waals surface area contributed by atoms with E-state index < -0.39 is 6.03 Å². The lowest BCUT2D eigenvalue weighted by molar-refractivity contribution is 0.218. The first-order chi connectivity index (χ1) is 14.1. The van der Waals surface area contributed by atoms with Gasteiger partial charge in [0.05, 0.1) is 12.8 Å². The number of aliphatic hydroxyl groups is 1. The summed E-state index contributed by atoms with van der Waals surface area (Å²) in [5.74, 6) is 0.234. The highest BCUT2D eigenvalue weighted by atomic mass is 32.1. The van der Waals surface area contributed by atoms with Crippen molar-refractivity contribution in [1.29, 1.82) is 0 Å². The third-order valence-electron chi connectivity index (χ3n) is 4.26. The fourth-order valence-electron chi connectivity index (χ4n) is 2.75. The Hall–Kier alpha value is -3.17. The van der Waals surface area contributed by atoms with Crippen molar-refractivity contribution in [3.63, 3.8) is 0 Å².